The van der Waals surface area contributed by atoms with Crippen LogP contribution in [-0.2, 0) is 19.0 Å². The highest BCUT2D eigenvalue weighted by molar-refractivity contribution is 6.67. The van der Waals surface area contributed by atoms with E-state index in [0.29, 0.717) is 35.9 Å². The van der Waals surface area contributed by atoms with E-state index in [-0.39, 0.29) is 35.4 Å². The Morgan fingerprint density at radius 2 is 1.82 bits per heavy atom. The molecule has 10 atom stereocenters. The summed E-state index contributed by atoms with van der Waals surface area (Å²) in [4.78, 5) is 25.5. The number of epoxide rings is 1. The molecular formula is C24H34Cl3NO5. The van der Waals surface area contributed by atoms with Crippen LogP contribution in [-0.4, -0.2) is 47.8 Å². The third-order valence-corrected chi connectivity index (χ3v) is 10.4. The molecule has 0 aromatic heterocycles. The fourth-order valence-corrected chi connectivity index (χ4v) is 8.88. The number of nitrogens with one attached hydrogen (secondary N) is 1. The summed E-state index contributed by atoms with van der Waals surface area (Å²) in [7, 11) is 1.47. The van der Waals surface area contributed by atoms with E-state index in [1.54, 1.807) is 0 Å². The molecule has 0 aromatic carbocycles. The molecule has 0 bridgehead atoms. The van der Waals surface area contributed by atoms with Gasteiger partial charge in [0.15, 0.2) is 0 Å². The van der Waals surface area contributed by atoms with E-state index >= 15 is 0 Å². The van der Waals surface area contributed by atoms with Crippen LogP contribution in [0.2, 0.25) is 0 Å². The van der Waals surface area contributed by atoms with E-state index in [9.17, 15) is 9.59 Å². The van der Waals surface area contributed by atoms with E-state index in [4.69, 9.17) is 49.0 Å². The van der Waals surface area contributed by atoms with Crippen molar-refractivity contribution >= 4 is 46.9 Å². The number of alkyl halides is 3. The number of carbonyl (C=O) groups excluding carboxylic acids is 2. The Balaban J connectivity index is 1.45. The lowest BCUT2D eigenvalue weighted by Gasteiger charge is -2.62. The lowest BCUT2D eigenvalue weighted by molar-refractivity contribution is -0.157. The van der Waals surface area contributed by atoms with Crippen LogP contribution in [0.3, 0.4) is 0 Å². The first kappa shape index (κ1) is 24.3. The van der Waals surface area contributed by atoms with Gasteiger partial charge in [-0.05, 0) is 79.4 Å². The van der Waals surface area contributed by atoms with Gasteiger partial charge in [-0.15, -0.1) is 0 Å². The number of amides is 1. The van der Waals surface area contributed by atoms with Gasteiger partial charge in [-0.2, -0.15) is 0 Å². The molecule has 1 N–H and O–H groups in total. The van der Waals surface area contributed by atoms with E-state index in [1.807, 2.05) is 0 Å². The molecule has 1 heterocycles. The fraction of sp³-hybridized carbons (Fsp3) is 0.917. The molecule has 5 fully saturated rings. The number of hydrogen-bond donors (Lipinski definition) is 1. The van der Waals surface area contributed by atoms with Gasteiger partial charge in [0.25, 0.3) is 0 Å². The summed E-state index contributed by atoms with van der Waals surface area (Å²) in [5.41, 5.74) is -0.143. The van der Waals surface area contributed by atoms with Gasteiger partial charge < -0.3 is 19.5 Å². The second kappa shape index (κ2) is 8.31. The van der Waals surface area contributed by atoms with E-state index in [0.717, 1.165) is 38.5 Å². The molecule has 0 spiro atoms. The molecule has 33 heavy (non-hydrogen) atoms. The maximum Gasteiger partial charge on any atom is 0.407 e. The molecule has 4 aliphatic carbocycles. The van der Waals surface area contributed by atoms with Gasteiger partial charge in [0.2, 0.25) is 3.79 Å². The number of halogens is 3. The summed E-state index contributed by atoms with van der Waals surface area (Å²) in [6.07, 6.45) is 7.25. The van der Waals surface area contributed by atoms with Crippen molar-refractivity contribution in [1.82, 2.24) is 5.32 Å². The molecule has 0 unspecified atom stereocenters. The number of methoxy groups -OCH3 is 1. The molecule has 4 saturated carbocycles. The smallest absolute Gasteiger partial charge is 0.407 e. The highest BCUT2D eigenvalue weighted by Gasteiger charge is 2.67. The van der Waals surface area contributed by atoms with Crippen LogP contribution in [0.15, 0.2) is 0 Å². The first-order chi connectivity index (χ1) is 15.5. The van der Waals surface area contributed by atoms with Crippen molar-refractivity contribution in [2.45, 2.75) is 80.8 Å². The molecule has 0 aromatic rings. The van der Waals surface area contributed by atoms with Gasteiger partial charge >= 0.3 is 12.1 Å². The van der Waals surface area contributed by atoms with E-state index in [1.165, 1.54) is 13.5 Å². The van der Waals surface area contributed by atoms with Crippen LogP contribution in [0.1, 0.15) is 58.8 Å². The Kier molecular flexibility index (Phi) is 6.12. The predicted octanol–water partition coefficient (Wildman–Crippen LogP) is 5.27. The molecule has 6 nitrogen and oxygen atoms in total. The number of ether oxygens (including phenoxy) is 3. The minimum absolute atomic E-state index is 0.0818. The summed E-state index contributed by atoms with van der Waals surface area (Å²) >= 11 is 17.4. The minimum atomic E-state index is -1.66. The number of hydrogen-bond acceptors (Lipinski definition) is 5. The monoisotopic (exact) mass is 521 g/mol. The summed E-state index contributed by atoms with van der Waals surface area (Å²) in [5, 5.41) is 3.16. The minimum Gasteiger partial charge on any atom is -0.469 e. The van der Waals surface area contributed by atoms with Gasteiger partial charge in [-0.1, -0.05) is 48.7 Å². The molecule has 1 aliphatic heterocycles. The van der Waals surface area contributed by atoms with Gasteiger partial charge in [0.05, 0.1) is 25.2 Å². The second-order valence-corrected chi connectivity index (χ2v) is 14.1. The first-order valence-corrected chi connectivity index (χ1v) is 13.3. The summed E-state index contributed by atoms with van der Waals surface area (Å²) in [6, 6.07) is -0.118. The fourth-order valence-electron chi connectivity index (χ4n) is 8.72. The molecule has 1 saturated heterocycles. The van der Waals surface area contributed by atoms with Crippen LogP contribution in [0.5, 0.6) is 0 Å². The van der Waals surface area contributed by atoms with Crippen molar-refractivity contribution < 1.29 is 23.8 Å². The van der Waals surface area contributed by atoms with Gasteiger partial charge in [-0.25, -0.2) is 4.79 Å². The zero-order valence-electron chi connectivity index (χ0n) is 19.5. The Hall–Kier alpha value is -0.430. The van der Waals surface area contributed by atoms with Crippen LogP contribution in [0.4, 0.5) is 4.79 Å². The summed E-state index contributed by atoms with van der Waals surface area (Å²) in [6.45, 7) is 4.31. The van der Waals surface area contributed by atoms with Crippen molar-refractivity contribution in [2.24, 2.45) is 40.4 Å². The average molecular weight is 523 g/mol. The molecule has 5 aliphatic rings. The third kappa shape index (κ3) is 4.15. The van der Waals surface area contributed by atoms with Crippen LogP contribution in [0, 0.1) is 40.4 Å². The molecule has 0 radical (unpaired) electrons. The topological polar surface area (TPSA) is 77.2 Å². The Morgan fingerprint density at radius 3 is 2.52 bits per heavy atom. The normalized spacial score (nSPS) is 47.9. The number of rotatable bonds is 3. The van der Waals surface area contributed by atoms with E-state index in [2.05, 4.69) is 19.2 Å². The zero-order chi connectivity index (χ0) is 23.8. The van der Waals surface area contributed by atoms with Gasteiger partial charge in [0.1, 0.15) is 6.61 Å². The largest absolute Gasteiger partial charge is 0.469 e. The number of carbonyl (C=O) groups is 2. The number of alkyl carbamates (subject to hydrolysis) is 1. The van der Waals surface area contributed by atoms with Gasteiger partial charge in [-0.3, -0.25) is 4.79 Å². The Morgan fingerprint density at radius 1 is 1.06 bits per heavy atom. The number of esters is 1. The predicted molar refractivity (Wildman–Crippen MR) is 125 cm³/mol. The van der Waals surface area contributed by atoms with Crippen molar-refractivity contribution in [3.05, 3.63) is 0 Å². The second-order valence-electron chi connectivity index (χ2n) is 11.5. The standard InChI is InChI=1S/C24H34Cl3NO5/c1-22-10-18-17(33-18)8-12(22)4-5-13-14-6-7-15(20(29)31-3)23(14,2)9-16(19(13)22)28-21(30)32-11-24(25,26)27/h12-19H,4-11H2,1-3H3,(H,28,30)/t12-,13-,14-,15+,16+,17-,18+,19+,22-,23-/m0/s1. The Bertz CT molecular complexity index is 820. The highest BCUT2D eigenvalue weighted by atomic mass is 35.6. The van der Waals surface area contributed by atoms with Crippen molar-refractivity contribution in [2.75, 3.05) is 13.7 Å². The summed E-state index contributed by atoms with van der Waals surface area (Å²) < 4.78 is 14.8. The first-order valence-electron chi connectivity index (χ1n) is 12.2. The van der Waals surface area contributed by atoms with Crippen molar-refractivity contribution in [3.8, 4) is 0 Å². The maximum absolute atomic E-state index is 12.8. The van der Waals surface area contributed by atoms with Crippen molar-refractivity contribution in [3.63, 3.8) is 0 Å². The highest BCUT2D eigenvalue weighted by Crippen LogP contribution is 2.68. The maximum atomic E-state index is 12.8. The summed E-state index contributed by atoms with van der Waals surface area (Å²) in [5.74, 6) is 1.49. The van der Waals surface area contributed by atoms with Crippen molar-refractivity contribution in [1.29, 1.82) is 0 Å². The third-order valence-electron chi connectivity index (χ3n) is 10.0. The quantitative estimate of drug-likeness (QED) is 0.310. The van der Waals surface area contributed by atoms with Crippen LogP contribution < -0.4 is 5.32 Å². The van der Waals surface area contributed by atoms with Crippen LogP contribution in [0.25, 0.3) is 0 Å². The average Bonchev–Trinajstić information content (AvgIpc) is 3.38. The van der Waals surface area contributed by atoms with Gasteiger partial charge in [0, 0.05) is 6.04 Å². The zero-order valence-corrected chi connectivity index (χ0v) is 21.7. The number of fused-ring (bicyclic) bond motifs is 6. The van der Waals surface area contributed by atoms with Crippen LogP contribution >= 0.6 is 34.8 Å². The van der Waals surface area contributed by atoms with E-state index < -0.39 is 9.89 Å². The molecule has 5 rings (SSSR count). The molecular weight excluding hydrogens is 489 g/mol. The molecule has 1 amide bonds. The lowest BCUT2D eigenvalue weighted by atomic mass is 9.43. The SMILES string of the molecule is COC(=O)[C@H]1CC[C@H]2[C@@H]3CC[C@H]4C[C@@H]5O[C@@H]5C[C@]4(C)[C@H]3[C@H](NC(=O)OCC(Cl)(Cl)Cl)C[C@]12C. The lowest BCUT2D eigenvalue weighted by Crippen LogP contribution is -2.63. The Labute approximate surface area is 210 Å². The molecule has 9 heteroatoms. The molecule has 186 valence electrons.